The normalized spacial score (nSPS) is 16.8. The minimum atomic E-state index is -1.03. The number of aromatic nitrogens is 1. The molecule has 1 amide bonds. The number of likely N-dealkylation sites (tertiary alicyclic amines) is 1. The van der Waals surface area contributed by atoms with E-state index in [-0.39, 0.29) is 23.6 Å². The quantitative estimate of drug-likeness (QED) is 0.160. The van der Waals surface area contributed by atoms with Crippen LogP contribution >= 0.6 is 0 Å². The van der Waals surface area contributed by atoms with Gasteiger partial charge in [-0.15, -0.1) is 0 Å². The minimum absolute atomic E-state index is 0.0331. The minimum Gasteiger partial charge on any atom is -0.507 e. The highest BCUT2D eigenvalue weighted by Gasteiger charge is 2.46. The molecule has 2 heterocycles. The second-order valence-corrected chi connectivity index (χ2v) is 8.47. The number of ketones is 1. The van der Waals surface area contributed by atoms with E-state index in [1.54, 1.807) is 55.7 Å². The van der Waals surface area contributed by atoms with Crippen molar-refractivity contribution >= 4 is 23.1 Å². The lowest BCUT2D eigenvalue weighted by atomic mass is 9.93. The maximum Gasteiger partial charge on any atom is 0.295 e. The van der Waals surface area contributed by atoms with Gasteiger partial charge < -0.3 is 14.7 Å². The number of hydrogen-bond acceptors (Lipinski definition) is 7. The number of hydrogen-bond donors (Lipinski definition) is 1. The Balaban J connectivity index is 1.86. The molecule has 0 saturated carbocycles. The van der Waals surface area contributed by atoms with Crippen molar-refractivity contribution in [2.75, 3.05) is 6.61 Å². The summed E-state index contributed by atoms with van der Waals surface area (Å²) in [6, 6.07) is 13.2. The van der Waals surface area contributed by atoms with E-state index in [4.69, 9.17) is 4.74 Å². The van der Waals surface area contributed by atoms with Gasteiger partial charge in [0.1, 0.15) is 11.5 Å². The van der Waals surface area contributed by atoms with Gasteiger partial charge in [-0.05, 0) is 54.3 Å². The molecule has 1 unspecified atom stereocenters. The molecule has 9 heteroatoms. The highest BCUT2D eigenvalue weighted by atomic mass is 16.6. The number of rotatable bonds is 8. The number of ether oxygens (including phenoxy) is 1. The molecule has 1 aromatic heterocycles. The van der Waals surface area contributed by atoms with Crippen LogP contribution in [-0.4, -0.2) is 38.2 Å². The number of carbonyl (C=O) groups excluding carboxylic acids is 2. The van der Waals surface area contributed by atoms with Gasteiger partial charge in [-0.1, -0.05) is 25.1 Å². The van der Waals surface area contributed by atoms with Crippen LogP contribution in [0.1, 0.15) is 41.6 Å². The molecular formula is C27H25N3O6. The third kappa shape index (κ3) is 4.81. The molecule has 4 rings (SSSR count). The fraction of sp³-hybridized carbons (Fsp3) is 0.222. The van der Waals surface area contributed by atoms with E-state index in [0.29, 0.717) is 34.6 Å². The Bertz CT molecular complexity index is 1350. The van der Waals surface area contributed by atoms with Gasteiger partial charge in [0.25, 0.3) is 17.4 Å². The van der Waals surface area contributed by atoms with Crippen molar-refractivity contribution in [2.24, 2.45) is 0 Å². The SMILES string of the molecule is CCCOc1ccc(/C(O)=C2\C(=O)C(=O)N(Cc3cccnc3)C2c2cccc([N+](=O)[O-])c2)c(C)c1. The largest absolute Gasteiger partial charge is 0.507 e. The number of aliphatic hydroxyl groups is 1. The van der Waals surface area contributed by atoms with Crippen LogP contribution in [-0.2, 0) is 16.1 Å². The summed E-state index contributed by atoms with van der Waals surface area (Å²) in [4.78, 5) is 42.7. The number of amides is 1. The van der Waals surface area contributed by atoms with E-state index in [1.807, 2.05) is 6.92 Å². The predicted octanol–water partition coefficient (Wildman–Crippen LogP) is 4.71. The number of non-ortho nitro benzene ring substituents is 1. The van der Waals surface area contributed by atoms with Crippen molar-refractivity contribution in [3.8, 4) is 5.75 Å². The maximum absolute atomic E-state index is 13.3. The van der Waals surface area contributed by atoms with Gasteiger partial charge in [0.05, 0.1) is 23.1 Å². The first kappa shape index (κ1) is 24.6. The zero-order valence-corrected chi connectivity index (χ0v) is 19.9. The molecule has 1 saturated heterocycles. The molecule has 3 aromatic rings. The van der Waals surface area contributed by atoms with Crippen LogP contribution in [0.25, 0.3) is 5.76 Å². The number of nitrogens with zero attached hydrogens (tertiary/aromatic N) is 3. The van der Waals surface area contributed by atoms with Crippen LogP contribution in [0.4, 0.5) is 5.69 Å². The van der Waals surface area contributed by atoms with Crippen LogP contribution in [0.15, 0.2) is 72.6 Å². The van der Waals surface area contributed by atoms with Crippen molar-refractivity contribution in [2.45, 2.75) is 32.9 Å². The maximum atomic E-state index is 13.3. The Hall–Kier alpha value is -4.53. The van der Waals surface area contributed by atoms with Gasteiger partial charge in [0.15, 0.2) is 0 Å². The van der Waals surface area contributed by atoms with Crippen molar-refractivity contribution in [1.29, 1.82) is 0 Å². The molecule has 9 nitrogen and oxygen atoms in total. The molecule has 1 aliphatic heterocycles. The molecule has 184 valence electrons. The van der Waals surface area contributed by atoms with Crippen LogP contribution in [0, 0.1) is 17.0 Å². The standard InChI is InChI=1S/C27H25N3O6/c1-3-12-36-21-9-10-22(17(2)13-21)25(31)23-24(19-7-4-8-20(14-19)30(34)35)29(27(33)26(23)32)16-18-6-5-11-28-15-18/h4-11,13-15,24,31H,3,12,16H2,1-2H3/b25-23+. The molecule has 1 aliphatic rings. The molecule has 2 aromatic carbocycles. The summed E-state index contributed by atoms with van der Waals surface area (Å²) >= 11 is 0. The van der Waals surface area contributed by atoms with Gasteiger partial charge in [0, 0.05) is 36.6 Å². The van der Waals surface area contributed by atoms with E-state index in [2.05, 4.69) is 4.98 Å². The summed E-state index contributed by atoms with van der Waals surface area (Å²) in [6.07, 6.45) is 4.00. The monoisotopic (exact) mass is 487 g/mol. The van der Waals surface area contributed by atoms with Crippen molar-refractivity contribution < 1.29 is 24.4 Å². The molecule has 36 heavy (non-hydrogen) atoms. The Kier molecular flexibility index (Phi) is 7.10. The van der Waals surface area contributed by atoms with E-state index >= 15 is 0 Å². The Morgan fingerprint density at radius 2 is 1.97 bits per heavy atom. The second-order valence-electron chi connectivity index (χ2n) is 8.47. The Morgan fingerprint density at radius 3 is 2.64 bits per heavy atom. The number of aliphatic hydroxyl groups excluding tert-OH is 1. The van der Waals surface area contributed by atoms with Crippen molar-refractivity contribution in [1.82, 2.24) is 9.88 Å². The zero-order valence-electron chi connectivity index (χ0n) is 19.9. The van der Waals surface area contributed by atoms with Crippen LogP contribution in [0.5, 0.6) is 5.75 Å². The van der Waals surface area contributed by atoms with Gasteiger partial charge in [0.2, 0.25) is 0 Å². The summed E-state index contributed by atoms with van der Waals surface area (Å²) < 4.78 is 5.65. The number of Topliss-reactive ketones (excluding diaryl/α,β-unsaturated/α-hetero) is 1. The summed E-state index contributed by atoms with van der Waals surface area (Å²) in [6.45, 7) is 4.33. The lowest BCUT2D eigenvalue weighted by molar-refractivity contribution is -0.384. The molecule has 1 N–H and O–H groups in total. The lowest BCUT2D eigenvalue weighted by Crippen LogP contribution is -2.29. The first-order valence-electron chi connectivity index (χ1n) is 11.5. The highest BCUT2D eigenvalue weighted by Crippen LogP contribution is 2.41. The average Bonchev–Trinajstić information content (AvgIpc) is 3.12. The lowest BCUT2D eigenvalue weighted by Gasteiger charge is -2.25. The van der Waals surface area contributed by atoms with Crippen LogP contribution < -0.4 is 4.74 Å². The predicted molar refractivity (Wildman–Crippen MR) is 132 cm³/mol. The molecule has 1 atom stereocenters. The first-order chi connectivity index (χ1) is 17.3. The van der Waals surface area contributed by atoms with E-state index in [0.717, 1.165) is 6.42 Å². The third-order valence-corrected chi connectivity index (χ3v) is 5.94. The summed E-state index contributed by atoms with van der Waals surface area (Å²) in [5.41, 5.74) is 1.71. The van der Waals surface area contributed by atoms with Gasteiger partial charge in [-0.3, -0.25) is 24.7 Å². The van der Waals surface area contributed by atoms with Crippen LogP contribution in [0.3, 0.4) is 0 Å². The fourth-order valence-electron chi connectivity index (χ4n) is 4.24. The number of pyridine rings is 1. The molecule has 0 bridgehead atoms. The van der Waals surface area contributed by atoms with Crippen LogP contribution in [0.2, 0.25) is 0 Å². The number of benzene rings is 2. The summed E-state index contributed by atoms with van der Waals surface area (Å²) in [5, 5.41) is 22.8. The molecule has 1 fully saturated rings. The third-order valence-electron chi connectivity index (χ3n) is 5.94. The summed E-state index contributed by atoms with van der Waals surface area (Å²) in [7, 11) is 0. The number of carbonyl (C=O) groups is 2. The number of nitro benzene ring substituents is 1. The molecule has 0 spiro atoms. The number of aryl methyl sites for hydroxylation is 1. The van der Waals surface area contributed by atoms with E-state index < -0.39 is 22.7 Å². The first-order valence-corrected chi connectivity index (χ1v) is 11.5. The Morgan fingerprint density at radius 1 is 1.17 bits per heavy atom. The smallest absolute Gasteiger partial charge is 0.295 e. The topological polar surface area (TPSA) is 123 Å². The highest BCUT2D eigenvalue weighted by molar-refractivity contribution is 6.46. The van der Waals surface area contributed by atoms with Gasteiger partial charge >= 0.3 is 0 Å². The van der Waals surface area contributed by atoms with Gasteiger partial charge in [-0.25, -0.2) is 0 Å². The van der Waals surface area contributed by atoms with E-state index in [1.165, 1.54) is 23.1 Å². The van der Waals surface area contributed by atoms with E-state index in [9.17, 15) is 24.8 Å². The molecule has 0 aliphatic carbocycles. The fourth-order valence-corrected chi connectivity index (χ4v) is 4.24. The molecular weight excluding hydrogens is 462 g/mol. The number of nitro groups is 1. The molecule has 0 radical (unpaired) electrons. The second kappa shape index (κ2) is 10.4. The zero-order chi connectivity index (χ0) is 25.8. The summed E-state index contributed by atoms with van der Waals surface area (Å²) in [5.74, 6) is -1.40. The average molecular weight is 488 g/mol. The van der Waals surface area contributed by atoms with Crippen molar-refractivity contribution in [3.05, 3.63) is 105 Å². The Labute approximate surface area is 207 Å². The van der Waals surface area contributed by atoms with Crippen molar-refractivity contribution in [3.63, 3.8) is 0 Å². The van der Waals surface area contributed by atoms with Gasteiger partial charge in [-0.2, -0.15) is 0 Å².